The van der Waals surface area contributed by atoms with Crippen molar-refractivity contribution in [3.63, 3.8) is 0 Å². The van der Waals surface area contributed by atoms with Crippen LogP contribution in [0.25, 0.3) is 0 Å². The van der Waals surface area contributed by atoms with E-state index in [-0.39, 0.29) is 18.4 Å². The summed E-state index contributed by atoms with van der Waals surface area (Å²) in [6, 6.07) is 7.28. The fourth-order valence-electron chi connectivity index (χ4n) is 1.85. The van der Waals surface area contributed by atoms with Gasteiger partial charge in [-0.15, -0.1) is 0 Å². The number of ether oxygens (including phenoxy) is 1. The Balaban J connectivity index is 2.39. The van der Waals surface area contributed by atoms with E-state index >= 15 is 0 Å². The first-order chi connectivity index (χ1) is 8.19. The average Bonchev–Trinajstić information content (AvgIpc) is 2.64. The van der Waals surface area contributed by atoms with Gasteiger partial charge in [-0.1, -0.05) is 12.1 Å². The highest BCUT2D eigenvalue weighted by atomic mass is 16.5. The largest absolute Gasteiger partial charge is 0.494 e. The van der Waals surface area contributed by atoms with Gasteiger partial charge >= 0.3 is 0 Å². The molecule has 0 bridgehead atoms. The molecule has 5 nitrogen and oxygen atoms in total. The van der Waals surface area contributed by atoms with Gasteiger partial charge in [0.05, 0.1) is 13.0 Å². The molecule has 0 saturated heterocycles. The van der Waals surface area contributed by atoms with Crippen LogP contribution in [0.2, 0.25) is 0 Å². The summed E-state index contributed by atoms with van der Waals surface area (Å²) in [4.78, 5) is 12.1. The number of nitrogens with zero attached hydrogens (tertiary/aromatic N) is 2. The van der Waals surface area contributed by atoms with E-state index in [2.05, 4.69) is 5.10 Å². The van der Waals surface area contributed by atoms with Crippen molar-refractivity contribution in [2.75, 3.05) is 18.7 Å². The molecule has 0 aliphatic carbocycles. The Morgan fingerprint density at radius 1 is 1.47 bits per heavy atom. The molecule has 1 aliphatic rings. The van der Waals surface area contributed by atoms with Crippen LogP contribution < -0.4 is 15.5 Å². The predicted octanol–water partition coefficient (Wildman–Crippen LogP) is 0.993. The van der Waals surface area contributed by atoms with Gasteiger partial charge in [0.1, 0.15) is 11.4 Å². The number of hydrogen-bond acceptors (Lipinski definition) is 4. The molecule has 0 saturated carbocycles. The number of hydrazone groups is 1. The number of benzene rings is 1. The molecule has 1 aromatic rings. The number of amides is 1. The van der Waals surface area contributed by atoms with Crippen molar-refractivity contribution >= 4 is 17.3 Å². The molecular formula is C12H15N3O2. The smallest absolute Gasteiger partial charge is 0.257 e. The van der Waals surface area contributed by atoms with Gasteiger partial charge < -0.3 is 10.5 Å². The molecule has 1 aliphatic heterocycles. The van der Waals surface area contributed by atoms with E-state index in [0.717, 1.165) is 5.71 Å². The molecule has 5 heteroatoms. The maximum absolute atomic E-state index is 12.1. The average molecular weight is 233 g/mol. The van der Waals surface area contributed by atoms with Crippen LogP contribution in [0, 0.1) is 5.92 Å². The van der Waals surface area contributed by atoms with Gasteiger partial charge in [-0.25, -0.2) is 0 Å². The molecule has 0 aromatic heterocycles. The standard InChI is InChI=1S/C12H15N3O2/c1-8-9(7-13)12(16)15(14-8)10-5-3-4-6-11(10)17-2/h3-6,9H,7,13H2,1-2H3. The molecule has 1 amide bonds. The minimum absolute atomic E-state index is 0.102. The van der Waals surface area contributed by atoms with Crippen LogP contribution in [-0.4, -0.2) is 25.3 Å². The lowest BCUT2D eigenvalue weighted by Gasteiger charge is -2.16. The van der Waals surface area contributed by atoms with E-state index in [4.69, 9.17) is 10.5 Å². The highest BCUT2D eigenvalue weighted by molar-refractivity contribution is 6.15. The highest BCUT2D eigenvalue weighted by Gasteiger charge is 2.34. The van der Waals surface area contributed by atoms with Gasteiger partial charge in [0.2, 0.25) is 0 Å². The third-order valence-corrected chi connectivity index (χ3v) is 2.82. The lowest BCUT2D eigenvalue weighted by Crippen LogP contribution is -2.32. The van der Waals surface area contributed by atoms with Crippen LogP contribution in [0.3, 0.4) is 0 Å². The molecule has 0 fully saturated rings. The van der Waals surface area contributed by atoms with Gasteiger partial charge in [-0.3, -0.25) is 4.79 Å². The van der Waals surface area contributed by atoms with E-state index < -0.39 is 0 Å². The van der Waals surface area contributed by atoms with Crippen molar-refractivity contribution < 1.29 is 9.53 Å². The van der Waals surface area contributed by atoms with Gasteiger partial charge in [0.15, 0.2) is 0 Å². The maximum atomic E-state index is 12.1. The van der Waals surface area contributed by atoms with Gasteiger partial charge in [0, 0.05) is 12.3 Å². The quantitative estimate of drug-likeness (QED) is 0.846. The number of hydrogen-bond donors (Lipinski definition) is 1. The number of carbonyl (C=O) groups excluding carboxylic acids is 1. The second-order valence-corrected chi connectivity index (χ2v) is 3.85. The van der Waals surface area contributed by atoms with E-state index in [0.29, 0.717) is 11.4 Å². The minimum Gasteiger partial charge on any atom is -0.494 e. The monoisotopic (exact) mass is 233 g/mol. The fraction of sp³-hybridized carbons (Fsp3) is 0.333. The zero-order valence-electron chi connectivity index (χ0n) is 9.88. The van der Waals surface area contributed by atoms with Crippen molar-refractivity contribution in [2.24, 2.45) is 16.8 Å². The third kappa shape index (κ3) is 1.89. The summed E-state index contributed by atoms with van der Waals surface area (Å²) in [5, 5.41) is 5.61. The maximum Gasteiger partial charge on any atom is 0.257 e. The molecule has 1 heterocycles. The number of carbonyl (C=O) groups is 1. The fourth-order valence-corrected chi connectivity index (χ4v) is 1.85. The third-order valence-electron chi connectivity index (χ3n) is 2.82. The zero-order chi connectivity index (χ0) is 12.4. The van der Waals surface area contributed by atoms with Crippen LogP contribution >= 0.6 is 0 Å². The van der Waals surface area contributed by atoms with Crippen LogP contribution in [0.1, 0.15) is 6.92 Å². The van der Waals surface area contributed by atoms with Gasteiger partial charge in [-0.05, 0) is 19.1 Å². The number of rotatable bonds is 3. The van der Waals surface area contributed by atoms with E-state index in [1.54, 1.807) is 19.2 Å². The molecule has 17 heavy (non-hydrogen) atoms. The second-order valence-electron chi connectivity index (χ2n) is 3.85. The zero-order valence-corrected chi connectivity index (χ0v) is 9.88. The second kappa shape index (κ2) is 4.55. The summed E-state index contributed by atoms with van der Waals surface area (Å²) in [5.74, 6) is 0.199. The van der Waals surface area contributed by atoms with E-state index in [1.165, 1.54) is 5.01 Å². The van der Waals surface area contributed by atoms with Crippen molar-refractivity contribution in [2.45, 2.75) is 6.92 Å². The molecule has 2 N–H and O–H groups in total. The first-order valence-electron chi connectivity index (χ1n) is 5.41. The van der Waals surface area contributed by atoms with Crippen molar-refractivity contribution in [3.05, 3.63) is 24.3 Å². The number of anilines is 1. The summed E-state index contributed by atoms with van der Waals surface area (Å²) < 4.78 is 5.22. The Labute approximate surface area is 99.9 Å². The molecule has 0 spiro atoms. The predicted molar refractivity (Wildman–Crippen MR) is 66.1 cm³/mol. The lowest BCUT2D eigenvalue weighted by atomic mass is 10.1. The first kappa shape index (κ1) is 11.6. The molecule has 1 unspecified atom stereocenters. The van der Waals surface area contributed by atoms with Crippen LogP contribution in [0.4, 0.5) is 5.69 Å². The number of methoxy groups -OCH3 is 1. The summed E-state index contributed by atoms with van der Waals surface area (Å²) in [7, 11) is 1.57. The number of nitrogens with two attached hydrogens (primary N) is 1. The molecule has 1 atom stereocenters. The Bertz CT molecular complexity index is 471. The van der Waals surface area contributed by atoms with Crippen molar-refractivity contribution in [1.29, 1.82) is 0 Å². The Hall–Kier alpha value is -1.88. The van der Waals surface area contributed by atoms with Gasteiger partial charge in [-0.2, -0.15) is 10.1 Å². The summed E-state index contributed by atoms with van der Waals surface area (Å²) in [6.07, 6.45) is 0. The van der Waals surface area contributed by atoms with Crippen molar-refractivity contribution in [1.82, 2.24) is 0 Å². The lowest BCUT2D eigenvalue weighted by molar-refractivity contribution is -0.119. The molecule has 90 valence electrons. The molecule has 2 rings (SSSR count). The molecular weight excluding hydrogens is 218 g/mol. The highest BCUT2D eigenvalue weighted by Crippen LogP contribution is 2.31. The summed E-state index contributed by atoms with van der Waals surface area (Å²) in [6.45, 7) is 2.09. The topological polar surface area (TPSA) is 67.9 Å². The normalized spacial score (nSPS) is 19.5. The first-order valence-corrected chi connectivity index (χ1v) is 5.41. The van der Waals surface area contributed by atoms with Crippen molar-refractivity contribution in [3.8, 4) is 5.75 Å². The minimum atomic E-state index is -0.320. The molecule has 1 aromatic carbocycles. The Kier molecular flexibility index (Phi) is 3.10. The number of para-hydroxylation sites is 2. The SMILES string of the molecule is COc1ccccc1N1N=C(C)C(CN)C1=O. The van der Waals surface area contributed by atoms with Gasteiger partial charge in [0.25, 0.3) is 5.91 Å². The van der Waals surface area contributed by atoms with Crippen LogP contribution in [0.5, 0.6) is 5.75 Å². The summed E-state index contributed by atoms with van der Waals surface area (Å²) in [5.41, 5.74) is 6.95. The summed E-state index contributed by atoms with van der Waals surface area (Å²) >= 11 is 0. The Morgan fingerprint density at radius 2 is 2.18 bits per heavy atom. The van der Waals surface area contributed by atoms with Crippen LogP contribution in [0.15, 0.2) is 29.4 Å². The van der Waals surface area contributed by atoms with E-state index in [1.807, 2.05) is 19.1 Å². The molecule has 0 radical (unpaired) electrons. The van der Waals surface area contributed by atoms with E-state index in [9.17, 15) is 4.79 Å². The Morgan fingerprint density at radius 3 is 2.76 bits per heavy atom. The van der Waals surface area contributed by atoms with Crippen LogP contribution in [-0.2, 0) is 4.79 Å².